The van der Waals surface area contributed by atoms with Crippen molar-refractivity contribution in [2.45, 2.75) is 23.5 Å². The number of thioether (sulfide) groups is 1. The Labute approximate surface area is 171 Å². The maximum absolute atomic E-state index is 12.5. The Hall–Kier alpha value is -2.39. The molecule has 0 bridgehead atoms. The predicted octanol–water partition coefficient (Wildman–Crippen LogP) is 2.32. The Balaban J connectivity index is 1.52. The molecule has 148 valence electrons. The van der Waals surface area contributed by atoms with Gasteiger partial charge < -0.3 is 15.4 Å². The molecule has 1 aliphatic heterocycles. The Morgan fingerprint density at radius 1 is 1.25 bits per heavy atom. The zero-order chi connectivity index (χ0) is 19.9. The van der Waals surface area contributed by atoms with Gasteiger partial charge >= 0.3 is 5.97 Å². The lowest BCUT2D eigenvalue weighted by Crippen LogP contribution is -2.43. The number of thiazole rings is 1. The van der Waals surface area contributed by atoms with Gasteiger partial charge in [0.05, 0.1) is 16.8 Å². The number of hydrogen-bond donors (Lipinski definition) is 1. The van der Waals surface area contributed by atoms with Crippen LogP contribution in [0.15, 0.2) is 40.1 Å². The fraction of sp³-hybridized carbons (Fsp3) is 0.368. The Kier molecular flexibility index (Phi) is 7.05. The first-order valence-corrected chi connectivity index (χ1v) is 10.8. The number of ether oxygens (including phenoxy) is 1. The van der Waals surface area contributed by atoms with Gasteiger partial charge in [0.2, 0.25) is 5.91 Å². The third-order valence-corrected chi connectivity index (χ3v) is 6.29. The van der Waals surface area contributed by atoms with Gasteiger partial charge in [-0.3, -0.25) is 9.59 Å². The summed E-state index contributed by atoms with van der Waals surface area (Å²) in [5.41, 5.74) is 8.46. The lowest BCUT2D eigenvalue weighted by atomic mass is 9.96. The summed E-state index contributed by atoms with van der Waals surface area (Å²) in [7, 11) is 0. The van der Waals surface area contributed by atoms with Crippen LogP contribution < -0.4 is 5.73 Å². The molecule has 1 aromatic heterocycles. The lowest BCUT2D eigenvalue weighted by Gasteiger charge is -2.30. The molecule has 0 atom stereocenters. The van der Waals surface area contributed by atoms with E-state index < -0.39 is 5.97 Å². The molecule has 0 spiro atoms. The molecule has 2 heterocycles. The van der Waals surface area contributed by atoms with Crippen molar-refractivity contribution in [3.63, 3.8) is 0 Å². The van der Waals surface area contributed by atoms with Gasteiger partial charge in [-0.25, -0.2) is 9.78 Å². The van der Waals surface area contributed by atoms with Crippen LogP contribution >= 0.6 is 23.1 Å². The molecule has 2 amide bonds. The normalized spacial score (nSPS) is 14.6. The van der Waals surface area contributed by atoms with E-state index in [1.54, 1.807) is 22.5 Å². The van der Waals surface area contributed by atoms with Crippen LogP contribution in [0.3, 0.4) is 0 Å². The van der Waals surface area contributed by atoms with Crippen LogP contribution in [0.2, 0.25) is 0 Å². The number of carbonyl (C=O) groups excluding carboxylic acids is 3. The second-order valence-electron chi connectivity index (χ2n) is 6.40. The van der Waals surface area contributed by atoms with E-state index in [9.17, 15) is 14.4 Å². The standard InChI is InChI=1S/C19H21N3O4S2/c20-18(24)13-5-7-22(8-6-13)17(23)9-26-19(25)15-3-1-2-4-16(15)28-11-14-10-27-12-21-14/h1-4,10,12-13H,5-9,11H2,(H2,20,24). The van der Waals surface area contributed by atoms with Crippen LogP contribution in [0.1, 0.15) is 28.9 Å². The van der Waals surface area contributed by atoms with Crippen molar-refractivity contribution in [1.82, 2.24) is 9.88 Å². The molecule has 1 aliphatic rings. The minimum Gasteiger partial charge on any atom is -0.452 e. The molecule has 1 fully saturated rings. The molecule has 3 rings (SSSR count). The third-order valence-electron chi connectivity index (χ3n) is 4.54. The summed E-state index contributed by atoms with van der Waals surface area (Å²) in [6, 6.07) is 7.16. The summed E-state index contributed by atoms with van der Waals surface area (Å²) >= 11 is 3.03. The fourth-order valence-electron chi connectivity index (χ4n) is 2.93. The average molecular weight is 420 g/mol. The first-order chi connectivity index (χ1) is 13.5. The molecule has 0 saturated carbocycles. The van der Waals surface area contributed by atoms with E-state index in [0.29, 0.717) is 37.2 Å². The smallest absolute Gasteiger partial charge is 0.339 e. The molecule has 0 unspecified atom stereocenters. The number of hydrogen-bond acceptors (Lipinski definition) is 7. The first kappa shape index (κ1) is 20.3. The Morgan fingerprint density at radius 3 is 2.68 bits per heavy atom. The van der Waals surface area contributed by atoms with Crippen molar-refractivity contribution in [1.29, 1.82) is 0 Å². The summed E-state index contributed by atoms with van der Waals surface area (Å²) in [6.45, 7) is 0.583. The number of piperidine rings is 1. The van der Waals surface area contributed by atoms with Crippen molar-refractivity contribution >= 4 is 40.9 Å². The molecular weight excluding hydrogens is 398 g/mol. The molecule has 9 heteroatoms. The summed E-state index contributed by atoms with van der Waals surface area (Å²) in [4.78, 5) is 42.6. The van der Waals surface area contributed by atoms with Crippen LogP contribution in [0.4, 0.5) is 0 Å². The quantitative estimate of drug-likeness (QED) is 0.546. The second kappa shape index (κ2) is 9.70. The molecule has 1 aromatic carbocycles. The Bertz CT molecular complexity index is 833. The van der Waals surface area contributed by atoms with Gasteiger partial charge in [0.25, 0.3) is 5.91 Å². The SMILES string of the molecule is NC(=O)C1CCN(C(=O)COC(=O)c2ccccc2SCc2cscn2)CC1. The second-order valence-corrected chi connectivity index (χ2v) is 8.13. The van der Waals surface area contributed by atoms with E-state index in [-0.39, 0.29) is 24.3 Å². The van der Waals surface area contributed by atoms with Crippen molar-refractivity contribution in [2.75, 3.05) is 19.7 Å². The van der Waals surface area contributed by atoms with Crippen LogP contribution in [0.25, 0.3) is 0 Å². The molecule has 2 N–H and O–H groups in total. The largest absolute Gasteiger partial charge is 0.452 e. The van der Waals surface area contributed by atoms with Crippen molar-refractivity contribution in [3.8, 4) is 0 Å². The van der Waals surface area contributed by atoms with Gasteiger partial charge in [-0.2, -0.15) is 0 Å². The lowest BCUT2D eigenvalue weighted by molar-refractivity contribution is -0.137. The highest BCUT2D eigenvalue weighted by Crippen LogP contribution is 2.27. The van der Waals surface area contributed by atoms with Gasteiger partial charge in [-0.15, -0.1) is 23.1 Å². The van der Waals surface area contributed by atoms with Gasteiger partial charge in [-0.1, -0.05) is 12.1 Å². The molecule has 0 aliphatic carbocycles. The zero-order valence-electron chi connectivity index (χ0n) is 15.2. The number of nitrogens with two attached hydrogens (primary N) is 1. The van der Waals surface area contributed by atoms with E-state index in [1.165, 1.54) is 23.1 Å². The van der Waals surface area contributed by atoms with Crippen LogP contribution in [-0.4, -0.2) is 47.4 Å². The monoisotopic (exact) mass is 419 g/mol. The van der Waals surface area contributed by atoms with Crippen LogP contribution in [0, 0.1) is 5.92 Å². The van der Waals surface area contributed by atoms with E-state index in [2.05, 4.69) is 4.98 Å². The van der Waals surface area contributed by atoms with Crippen LogP contribution in [-0.2, 0) is 20.1 Å². The number of primary amides is 1. The summed E-state index contributed by atoms with van der Waals surface area (Å²) in [5, 5.41) is 1.97. The number of nitrogens with zero attached hydrogens (tertiary/aromatic N) is 2. The molecule has 7 nitrogen and oxygen atoms in total. The predicted molar refractivity (Wildman–Crippen MR) is 107 cm³/mol. The van der Waals surface area contributed by atoms with Gasteiger partial charge in [0.15, 0.2) is 6.61 Å². The maximum atomic E-state index is 12.5. The number of esters is 1. The van der Waals surface area contributed by atoms with Gasteiger partial charge in [-0.05, 0) is 25.0 Å². The maximum Gasteiger partial charge on any atom is 0.339 e. The summed E-state index contributed by atoms with van der Waals surface area (Å²) < 4.78 is 5.25. The third kappa shape index (κ3) is 5.32. The molecular formula is C19H21N3O4S2. The molecule has 0 radical (unpaired) electrons. The topological polar surface area (TPSA) is 103 Å². The van der Waals surface area contributed by atoms with Crippen molar-refractivity contribution < 1.29 is 19.1 Å². The number of amides is 2. The number of likely N-dealkylation sites (tertiary alicyclic amines) is 1. The highest BCUT2D eigenvalue weighted by molar-refractivity contribution is 7.98. The number of benzene rings is 1. The van der Waals surface area contributed by atoms with E-state index >= 15 is 0 Å². The molecule has 28 heavy (non-hydrogen) atoms. The first-order valence-electron chi connectivity index (χ1n) is 8.87. The Morgan fingerprint density at radius 2 is 2.00 bits per heavy atom. The van der Waals surface area contributed by atoms with E-state index in [0.717, 1.165) is 10.6 Å². The van der Waals surface area contributed by atoms with Gasteiger partial charge in [0.1, 0.15) is 0 Å². The van der Waals surface area contributed by atoms with E-state index in [1.807, 2.05) is 17.5 Å². The minimum atomic E-state index is -0.526. The van der Waals surface area contributed by atoms with E-state index in [4.69, 9.17) is 10.5 Å². The molecule has 1 saturated heterocycles. The average Bonchev–Trinajstić information content (AvgIpc) is 3.24. The van der Waals surface area contributed by atoms with Crippen molar-refractivity contribution in [3.05, 3.63) is 46.4 Å². The number of aromatic nitrogens is 1. The van der Waals surface area contributed by atoms with Crippen molar-refractivity contribution in [2.24, 2.45) is 11.7 Å². The fourth-order valence-corrected chi connectivity index (χ4v) is 4.54. The minimum absolute atomic E-state index is 0.187. The van der Waals surface area contributed by atoms with Gasteiger partial charge in [0, 0.05) is 35.0 Å². The summed E-state index contributed by atoms with van der Waals surface area (Å²) in [5.74, 6) is -0.647. The number of rotatable bonds is 7. The zero-order valence-corrected chi connectivity index (χ0v) is 16.8. The highest BCUT2D eigenvalue weighted by atomic mass is 32.2. The van der Waals surface area contributed by atoms with Crippen LogP contribution in [0.5, 0.6) is 0 Å². The summed E-state index contributed by atoms with van der Waals surface area (Å²) in [6.07, 6.45) is 1.09. The molecule has 2 aromatic rings. The highest BCUT2D eigenvalue weighted by Gasteiger charge is 2.26. The number of carbonyl (C=O) groups is 3.